The molecule has 0 saturated heterocycles. The molecular weight excluding hydrogens is 427 g/mol. The quantitative estimate of drug-likeness (QED) is 0.417. The third kappa shape index (κ3) is 7.55. The van der Waals surface area contributed by atoms with Crippen molar-refractivity contribution >= 4 is 18.0 Å². The van der Waals surface area contributed by atoms with Gasteiger partial charge in [-0.2, -0.15) is 13.2 Å². The number of nitrogens with two attached hydrogens (primary N) is 1. The molecule has 0 unspecified atom stereocenters. The predicted octanol–water partition coefficient (Wildman–Crippen LogP) is 1.80. The van der Waals surface area contributed by atoms with Crippen LogP contribution in [0.2, 0.25) is 0 Å². The monoisotopic (exact) mass is 449 g/mol. The number of anilines is 1. The maximum atomic E-state index is 12.5. The van der Waals surface area contributed by atoms with Crippen LogP contribution in [0.25, 0.3) is 11.4 Å². The number of aliphatic hydroxyl groups is 1. The van der Waals surface area contributed by atoms with Gasteiger partial charge in [-0.3, -0.25) is 9.59 Å². The summed E-state index contributed by atoms with van der Waals surface area (Å²) < 4.78 is 37.4. The Hall–Kier alpha value is -3.65. The summed E-state index contributed by atoms with van der Waals surface area (Å²) >= 11 is 0. The number of carbonyl (C=O) groups excluding carboxylic acids is 2. The Morgan fingerprint density at radius 1 is 1.38 bits per heavy atom. The van der Waals surface area contributed by atoms with Crippen molar-refractivity contribution in [3.8, 4) is 23.2 Å². The van der Waals surface area contributed by atoms with Crippen LogP contribution in [-0.2, 0) is 4.79 Å². The molecule has 4 N–H and O–H groups in total. The second-order valence-corrected chi connectivity index (χ2v) is 7.23. The van der Waals surface area contributed by atoms with Crippen LogP contribution in [0.1, 0.15) is 29.4 Å². The van der Waals surface area contributed by atoms with E-state index in [9.17, 15) is 27.9 Å². The number of nitrogens with one attached hydrogen (secondary N) is 1. The highest BCUT2D eigenvalue weighted by molar-refractivity contribution is 5.96. The third-order valence-electron chi connectivity index (χ3n) is 4.23. The van der Waals surface area contributed by atoms with Gasteiger partial charge in [0.2, 0.25) is 6.41 Å². The van der Waals surface area contributed by atoms with Gasteiger partial charge in [0, 0.05) is 31.1 Å². The van der Waals surface area contributed by atoms with E-state index in [-0.39, 0.29) is 23.6 Å². The van der Waals surface area contributed by atoms with E-state index in [2.05, 4.69) is 27.1 Å². The van der Waals surface area contributed by atoms with Gasteiger partial charge in [-0.1, -0.05) is 24.0 Å². The molecule has 0 bridgehead atoms. The molecule has 1 aromatic carbocycles. The number of primary amides is 1. The lowest BCUT2D eigenvalue weighted by Crippen LogP contribution is -2.29. The van der Waals surface area contributed by atoms with Crippen LogP contribution in [-0.4, -0.2) is 64.2 Å². The van der Waals surface area contributed by atoms with Crippen LogP contribution in [0.4, 0.5) is 18.9 Å². The summed E-state index contributed by atoms with van der Waals surface area (Å²) in [5, 5.41) is 12.4. The van der Waals surface area contributed by atoms with Gasteiger partial charge in [-0.15, -0.1) is 0 Å². The van der Waals surface area contributed by atoms with Crippen LogP contribution in [0, 0.1) is 11.8 Å². The molecule has 2 rings (SSSR count). The van der Waals surface area contributed by atoms with E-state index in [1.165, 1.54) is 11.8 Å². The van der Waals surface area contributed by atoms with Crippen molar-refractivity contribution in [1.82, 2.24) is 14.9 Å². The minimum Gasteiger partial charge on any atom is -0.378 e. The summed E-state index contributed by atoms with van der Waals surface area (Å²) in [6, 6.07) is 6.56. The summed E-state index contributed by atoms with van der Waals surface area (Å²) in [7, 11) is 1.59. The number of alkyl halides is 3. The molecule has 2 amide bonds. The van der Waals surface area contributed by atoms with Crippen LogP contribution in [0.5, 0.6) is 0 Å². The van der Waals surface area contributed by atoms with E-state index < -0.39 is 24.2 Å². The first-order valence-electron chi connectivity index (χ1n) is 9.39. The number of benzene rings is 1. The van der Waals surface area contributed by atoms with Crippen molar-refractivity contribution in [2.45, 2.75) is 25.1 Å². The minimum atomic E-state index is -4.50. The molecule has 0 saturated carbocycles. The molecule has 0 fully saturated rings. The molecule has 32 heavy (non-hydrogen) atoms. The lowest BCUT2D eigenvalue weighted by Gasteiger charge is -2.19. The number of aromatic nitrogens is 2. The van der Waals surface area contributed by atoms with E-state index in [1.807, 2.05) is 0 Å². The van der Waals surface area contributed by atoms with E-state index in [0.29, 0.717) is 24.1 Å². The number of halogens is 3. The molecule has 1 aromatic heterocycles. The minimum absolute atomic E-state index is 0.0689. The maximum Gasteiger partial charge on any atom is 0.405 e. The van der Waals surface area contributed by atoms with Crippen molar-refractivity contribution in [2.24, 2.45) is 5.73 Å². The van der Waals surface area contributed by atoms with E-state index in [4.69, 9.17) is 5.73 Å². The van der Waals surface area contributed by atoms with Gasteiger partial charge in [-0.05, 0) is 19.1 Å². The average Bonchev–Trinajstić information content (AvgIpc) is 2.74. The van der Waals surface area contributed by atoms with Crippen molar-refractivity contribution in [2.75, 3.05) is 25.5 Å². The largest absolute Gasteiger partial charge is 0.405 e. The standard InChI is InChI=1S/C21H22F3N5O3/c1-20(32,8-9-29(2)13-30)7-6-14-4-3-5-15(10-14)19-26-11-16(17(28-19)18(25)31)27-12-21(22,23)24/h3-5,10-11,13,27,32H,8-9,12H2,1-2H3,(H2,25,31)/t20-/m0/s1. The molecule has 2 aromatic rings. The number of carbonyl (C=O) groups is 2. The molecule has 0 aliphatic heterocycles. The highest BCUT2D eigenvalue weighted by Crippen LogP contribution is 2.22. The van der Waals surface area contributed by atoms with Gasteiger partial charge in [0.15, 0.2) is 11.5 Å². The van der Waals surface area contributed by atoms with Gasteiger partial charge < -0.3 is 21.1 Å². The highest BCUT2D eigenvalue weighted by Gasteiger charge is 2.27. The topological polar surface area (TPSA) is 121 Å². The molecule has 0 radical (unpaired) electrons. The third-order valence-corrected chi connectivity index (χ3v) is 4.23. The summed E-state index contributed by atoms with van der Waals surface area (Å²) in [6.45, 7) is 0.477. The van der Waals surface area contributed by atoms with Gasteiger partial charge in [0.25, 0.3) is 5.91 Å². The Morgan fingerprint density at radius 2 is 2.09 bits per heavy atom. The second kappa shape index (κ2) is 10.1. The van der Waals surface area contributed by atoms with Crippen LogP contribution < -0.4 is 11.1 Å². The lowest BCUT2D eigenvalue weighted by atomic mass is 10.0. The Balaban J connectivity index is 2.27. The number of nitrogens with zero attached hydrogens (tertiary/aromatic N) is 3. The van der Waals surface area contributed by atoms with Crippen molar-refractivity contribution in [1.29, 1.82) is 0 Å². The van der Waals surface area contributed by atoms with Crippen molar-refractivity contribution in [3.63, 3.8) is 0 Å². The zero-order valence-corrected chi connectivity index (χ0v) is 17.4. The van der Waals surface area contributed by atoms with Gasteiger partial charge in [0.1, 0.15) is 12.1 Å². The molecule has 170 valence electrons. The van der Waals surface area contributed by atoms with E-state index in [1.54, 1.807) is 31.3 Å². The fraction of sp³-hybridized carbons (Fsp3) is 0.333. The summed E-state index contributed by atoms with van der Waals surface area (Å²) in [5.74, 6) is 4.63. The fourth-order valence-electron chi connectivity index (χ4n) is 2.49. The fourth-order valence-corrected chi connectivity index (χ4v) is 2.49. The van der Waals surface area contributed by atoms with Crippen molar-refractivity contribution in [3.05, 3.63) is 41.7 Å². The summed E-state index contributed by atoms with van der Waals surface area (Å²) in [6.07, 6.45) is -2.55. The first-order valence-corrected chi connectivity index (χ1v) is 9.39. The van der Waals surface area contributed by atoms with Crippen LogP contribution >= 0.6 is 0 Å². The predicted molar refractivity (Wildman–Crippen MR) is 111 cm³/mol. The number of hydrogen-bond acceptors (Lipinski definition) is 6. The van der Waals surface area contributed by atoms with Crippen LogP contribution in [0.15, 0.2) is 30.5 Å². The number of rotatable bonds is 8. The number of hydrogen-bond donors (Lipinski definition) is 3. The average molecular weight is 449 g/mol. The molecule has 11 heteroatoms. The Kier molecular flexibility index (Phi) is 7.77. The smallest absolute Gasteiger partial charge is 0.378 e. The molecule has 8 nitrogen and oxygen atoms in total. The van der Waals surface area contributed by atoms with E-state index in [0.717, 1.165) is 6.20 Å². The second-order valence-electron chi connectivity index (χ2n) is 7.23. The molecule has 1 heterocycles. The first-order chi connectivity index (χ1) is 14.9. The molecule has 0 aliphatic rings. The van der Waals surface area contributed by atoms with Crippen LogP contribution in [0.3, 0.4) is 0 Å². The zero-order chi connectivity index (χ0) is 23.9. The lowest BCUT2D eigenvalue weighted by molar-refractivity contribution is -0.117. The molecule has 1 atom stereocenters. The van der Waals surface area contributed by atoms with Gasteiger partial charge in [0.05, 0.1) is 11.9 Å². The SMILES string of the molecule is CN(C=O)CC[C@@](C)(O)C#Cc1cccc(-c2ncc(NCC(F)(F)F)c(C(N)=O)n2)c1. The van der Waals surface area contributed by atoms with E-state index >= 15 is 0 Å². The molecular formula is C21H22F3N5O3. The maximum absolute atomic E-state index is 12.5. The summed E-state index contributed by atoms with van der Waals surface area (Å²) in [4.78, 5) is 31.7. The normalized spacial score (nSPS) is 12.8. The van der Waals surface area contributed by atoms with Gasteiger partial charge >= 0.3 is 6.18 Å². The Labute approximate surface area is 182 Å². The highest BCUT2D eigenvalue weighted by atomic mass is 19.4. The van der Waals surface area contributed by atoms with Crippen molar-refractivity contribution < 1.29 is 27.9 Å². The molecule has 0 spiro atoms. The van der Waals surface area contributed by atoms with Gasteiger partial charge in [-0.25, -0.2) is 9.97 Å². The Morgan fingerprint density at radius 3 is 2.72 bits per heavy atom. The number of amides is 2. The Bertz CT molecular complexity index is 1040. The molecule has 0 aliphatic carbocycles. The summed E-state index contributed by atoms with van der Waals surface area (Å²) in [5.41, 5.74) is 4.27. The first kappa shape index (κ1) is 24.6. The zero-order valence-electron chi connectivity index (χ0n) is 17.4.